The van der Waals surface area contributed by atoms with Crippen LogP contribution in [0.4, 0.5) is 5.69 Å². The van der Waals surface area contributed by atoms with Gasteiger partial charge in [-0.3, -0.25) is 14.5 Å². The summed E-state index contributed by atoms with van der Waals surface area (Å²) in [6.45, 7) is 2.27. The Morgan fingerprint density at radius 3 is 2.16 bits per heavy atom. The molecule has 1 aliphatic rings. The molecule has 1 saturated heterocycles. The minimum Gasteiger partial charge on any atom is -0.507 e. The van der Waals surface area contributed by atoms with Gasteiger partial charge in [0.05, 0.1) is 18.7 Å². The summed E-state index contributed by atoms with van der Waals surface area (Å²) in [6.07, 6.45) is 0. The zero-order valence-electron chi connectivity index (χ0n) is 21.1. The van der Waals surface area contributed by atoms with E-state index in [1.54, 1.807) is 61.7 Å². The number of hydrogen-bond acceptors (Lipinski definition) is 5. The van der Waals surface area contributed by atoms with E-state index in [1.165, 1.54) is 4.90 Å². The van der Waals surface area contributed by atoms with Crippen LogP contribution in [0, 0.1) is 6.92 Å². The van der Waals surface area contributed by atoms with Crippen LogP contribution in [0.1, 0.15) is 28.3 Å². The molecule has 1 heterocycles. The summed E-state index contributed by atoms with van der Waals surface area (Å²) >= 11 is 0. The number of nitrogens with zero attached hydrogens (tertiary/aromatic N) is 1. The van der Waals surface area contributed by atoms with Crippen LogP contribution < -0.4 is 14.4 Å². The Labute approximate surface area is 221 Å². The topological polar surface area (TPSA) is 76.1 Å². The minimum atomic E-state index is -0.817. The summed E-state index contributed by atoms with van der Waals surface area (Å²) in [4.78, 5) is 28.1. The van der Waals surface area contributed by atoms with E-state index < -0.39 is 17.7 Å². The Bertz CT molecular complexity index is 1490. The molecule has 6 heteroatoms. The number of methoxy groups -OCH3 is 1. The first-order valence-electron chi connectivity index (χ1n) is 12.3. The van der Waals surface area contributed by atoms with Gasteiger partial charge in [0.15, 0.2) is 0 Å². The van der Waals surface area contributed by atoms with Crippen molar-refractivity contribution in [2.75, 3.05) is 12.0 Å². The first-order valence-corrected chi connectivity index (χ1v) is 12.3. The molecule has 0 saturated carbocycles. The predicted molar refractivity (Wildman–Crippen MR) is 146 cm³/mol. The van der Waals surface area contributed by atoms with Crippen LogP contribution in [0.2, 0.25) is 0 Å². The molecule has 5 rings (SSSR count). The highest BCUT2D eigenvalue weighted by Gasteiger charge is 2.46. The fourth-order valence-corrected chi connectivity index (χ4v) is 4.67. The van der Waals surface area contributed by atoms with E-state index in [-0.39, 0.29) is 11.3 Å². The lowest BCUT2D eigenvalue weighted by Gasteiger charge is -2.25. The van der Waals surface area contributed by atoms with Gasteiger partial charge in [-0.25, -0.2) is 0 Å². The molecule has 190 valence electrons. The Kier molecular flexibility index (Phi) is 6.96. The number of aliphatic hydroxyl groups excluding tert-OH is 1. The lowest BCUT2D eigenvalue weighted by Crippen LogP contribution is -2.29. The van der Waals surface area contributed by atoms with E-state index in [1.807, 2.05) is 55.5 Å². The summed E-state index contributed by atoms with van der Waals surface area (Å²) in [5, 5.41) is 11.4. The smallest absolute Gasteiger partial charge is 0.300 e. The van der Waals surface area contributed by atoms with Crippen LogP contribution in [0.3, 0.4) is 0 Å². The van der Waals surface area contributed by atoms with Gasteiger partial charge < -0.3 is 14.6 Å². The number of para-hydroxylation sites is 1. The third-order valence-corrected chi connectivity index (χ3v) is 6.59. The lowest BCUT2D eigenvalue weighted by molar-refractivity contribution is -0.132. The van der Waals surface area contributed by atoms with Crippen molar-refractivity contribution in [3.8, 4) is 11.5 Å². The molecule has 1 unspecified atom stereocenters. The maximum Gasteiger partial charge on any atom is 0.300 e. The first kappa shape index (κ1) is 24.8. The largest absolute Gasteiger partial charge is 0.507 e. The van der Waals surface area contributed by atoms with Crippen LogP contribution in [0.25, 0.3) is 5.76 Å². The number of carbonyl (C=O) groups is 2. The highest BCUT2D eigenvalue weighted by molar-refractivity contribution is 6.51. The van der Waals surface area contributed by atoms with E-state index >= 15 is 0 Å². The second-order valence-electron chi connectivity index (χ2n) is 9.03. The number of aliphatic hydroxyl groups is 1. The molecule has 0 radical (unpaired) electrons. The second-order valence-corrected chi connectivity index (χ2v) is 9.03. The van der Waals surface area contributed by atoms with E-state index in [2.05, 4.69) is 0 Å². The summed E-state index contributed by atoms with van der Waals surface area (Å²) in [7, 11) is 1.57. The van der Waals surface area contributed by atoms with Crippen LogP contribution in [-0.4, -0.2) is 23.9 Å². The SMILES string of the molecule is COc1ccc(/C(O)=C2/C(=O)C(=O)N(c3ccccc3)C2c2ccc(OCc3ccccc3)cc2)cc1C. The van der Waals surface area contributed by atoms with Gasteiger partial charge in [-0.1, -0.05) is 60.7 Å². The average molecular weight is 506 g/mol. The van der Waals surface area contributed by atoms with Crippen molar-refractivity contribution >= 4 is 23.1 Å². The molecule has 4 aromatic carbocycles. The number of anilines is 1. The highest BCUT2D eigenvalue weighted by Crippen LogP contribution is 2.42. The molecule has 1 aliphatic heterocycles. The highest BCUT2D eigenvalue weighted by atomic mass is 16.5. The molecule has 1 N–H and O–H groups in total. The monoisotopic (exact) mass is 505 g/mol. The van der Waals surface area contributed by atoms with E-state index in [9.17, 15) is 14.7 Å². The minimum absolute atomic E-state index is 0.0290. The molecule has 0 aromatic heterocycles. The molecule has 38 heavy (non-hydrogen) atoms. The van der Waals surface area contributed by atoms with Crippen molar-refractivity contribution in [1.29, 1.82) is 0 Å². The second kappa shape index (κ2) is 10.6. The maximum absolute atomic E-state index is 13.4. The summed E-state index contributed by atoms with van der Waals surface area (Å²) in [6, 6.07) is 30.4. The van der Waals surface area contributed by atoms with Crippen molar-refractivity contribution < 1.29 is 24.2 Å². The van der Waals surface area contributed by atoms with Crippen LogP contribution in [-0.2, 0) is 16.2 Å². The Hall–Kier alpha value is -4.84. The van der Waals surface area contributed by atoms with Crippen molar-refractivity contribution in [3.63, 3.8) is 0 Å². The maximum atomic E-state index is 13.4. The number of ketones is 1. The van der Waals surface area contributed by atoms with E-state index in [4.69, 9.17) is 9.47 Å². The first-order chi connectivity index (χ1) is 18.5. The van der Waals surface area contributed by atoms with Gasteiger partial charge in [-0.15, -0.1) is 0 Å². The third-order valence-electron chi connectivity index (χ3n) is 6.59. The number of rotatable bonds is 7. The number of carbonyl (C=O) groups excluding carboxylic acids is 2. The van der Waals surface area contributed by atoms with Gasteiger partial charge in [-0.05, 0) is 66.1 Å². The summed E-state index contributed by atoms with van der Waals surface area (Å²) in [5.41, 5.74) is 3.54. The van der Waals surface area contributed by atoms with Crippen LogP contribution in [0.15, 0.2) is 109 Å². The summed E-state index contributed by atoms with van der Waals surface area (Å²) < 4.78 is 11.3. The number of ether oxygens (including phenoxy) is 2. The molecular formula is C32H27NO5. The molecule has 6 nitrogen and oxygen atoms in total. The van der Waals surface area contributed by atoms with Gasteiger partial charge in [0.25, 0.3) is 11.7 Å². The number of hydrogen-bond donors (Lipinski definition) is 1. The van der Waals surface area contributed by atoms with Gasteiger partial charge in [0.2, 0.25) is 0 Å². The van der Waals surface area contributed by atoms with Gasteiger partial charge in [0.1, 0.15) is 23.9 Å². The third kappa shape index (κ3) is 4.76. The van der Waals surface area contributed by atoms with Crippen molar-refractivity contribution in [1.82, 2.24) is 0 Å². The van der Waals surface area contributed by atoms with E-state index in [0.717, 1.165) is 11.1 Å². The van der Waals surface area contributed by atoms with Gasteiger partial charge >= 0.3 is 0 Å². The zero-order valence-corrected chi connectivity index (χ0v) is 21.1. The molecule has 1 atom stereocenters. The Morgan fingerprint density at radius 2 is 1.53 bits per heavy atom. The zero-order chi connectivity index (χ0) is 26.6. The molecule has 1 amide bonds. The lowest BCUT2D eigenvalue weighted by atomic mass is 9.94. The average Bonchev–Trinajstić information content (AvgIpc) is 3.22. The quantitative estimate of drug-likeness (QED) is 0.184. The van der Waals surface area contributed by atoms with Crippen LogP contribution in [0.5, 0.6) is 11.5 Å². The van der Waals surface area contributed by atoms with E-state index in [0.29, 0.717) is 34.9 Å². The number of aryl methyl sites for hydroxylation is 1. The van der Waals surface area contributed by atoms with Gasteiger partial charge in [-0.2, -0.15) is 0 Å². The fourth-order valence-electron chi connectivity index (χ4n) is 4.67. The molecule has 0 bridgehead atoms. The molecule has 1 fully saturated rings. The summed E-state index contributed by atoms with van der Waals surface area (Å²) in [5.74, 6) is -0.359. The number of benzene rings is 4. The number of Topliss-reactive ketones (excluding diaryl/α,β-unsaturated/α-hetero) is 1. The van der Waals surface area contributed by atoms with Crippen molar-refractivity contribution in [2.24, 2.45) is 0 Å². The number of amides is 1. The van der Waals surface area contributed by atoms with Crippen molar-refractivity contribution in [2.45, 2.75) is 19.6 Å². The Morgan fingerprint density at radius 1 is 0.868 bits per heavy atom. The van der Waals surface area contributed by atoms with Crippen molar-refractivity contribution in [3.05, 3.63) is 131 Å². The molecule has 4 aromatic rings. The standard InChI is InChI=1S/C32H27NO5/c1-21-19-24(15-18-27(21)37-2)30(34)28-29(33(32(36)31(28)35)25-11-7-4-8-12-25)23-13-16-26(17-14-23)38-20-22-9-5-3-6-10-22/h3-19,29,34H,20H2,1-2H3/b30-28-. The van der Waals surface area contributed by atoms with Crippen LogP contribution >= 0.6 is 0 Å². The predicted octanol–water partition coefficient (Wildman–Crippen LogP) is 6.21. The molecular weight excluding hydrogens is 478 g/mol. The fraction of sp³-hybridized carbons (Fsp3) is 0.125. The molecule has 0 spiro atoms. The Balaban J connectivity index is 1.56. The van der Waals surface area contributed by atoms with Gasteiger partial charge in [0, 0.05) is 11.3 Å². The normalized spacial score (nSPS) is 16.5. The molecule has 0 aliphatic carbocycles.